The van der Waals surface area contributed by atoms with Crippen LogP contribution >= 0.6 is 0 Å². The van der Waals surface area contributed by atoms with Gasteiger partial charge in [0.1, 0.15) is 22.2 Å². The van der Waals surface area contributed by atoms with Gasteiger partial charge in [0.2, 0.25) is 0 Å². The van der Waals surface area contributed by atoms with Crippen molar-refractivity contribution in [3.05, 3.63) is 59.9 Å². The van der Waals surface area contributed by atoms with Crippen LogP contribution in [0.4, 0.5) is 11.5 Å². The second kappa shape index (κ2) is 7.90. The molecular weight excluding hydrogens is 472 g/mol. The lowest BCUT2D eigenvalue weighted by atomic mass is 10.2. The summed E-state index contributed by atoms with van der Waals surface area (Å²) in [7, 11) is -9.57. The van der Waals surface area contributed by atoms with Crippen LogP contribution < -0.4 is 0 Å². The maximum absolute atomic E-state index is 11.9. The first-order valence-corrected chi connectivity index (χ1v) is 12.0. The average Bonchev–Trinajstić information content (AvgIpc) is 3.30. The van der Waals surface area contributed by atoms with E-state index in [9.17, 15) is 31.2 Å². The fourth-order valence-electron chi connectivity index (χ4n) is 3.22. The minimum absolute atomic E-state index is 0.102. The van der Waals surface area contributed by atoms with Crippen LogP contribution in [0.3, 0.4) is 0 Å². The van der Waals surface area contributed by atoms with E-state index in [2.05, 4.69) is 20.3 Å². The molecule has 0 spiro atoms. The molecule has 0 fully saturated rings. The molecule has 0 aliphatic carbocycles. The highest BCUT2D eigenvalue weighted by Gasteiger charge is 2.24. The number of fused-ring (bicyclic) bond motifs is 1. The van der Waals surface area contributed by atoms with E-state index in [4.69, 9.17) is 0 Å². The summed E-state index contributed by atoms with van der Waals surface area (Å²) >= 11 is 0. The second-order valence-corrected chi connectivity index (χ2v) is 9.64. The van der Waals surface area contributed by atoms with Crippen molar-refractivity contribution in [3.8, 4) is 11.8 Å². The lowest BCUT2D eigenvalue weighted by Crippen LogP contribution is -2.09. The maximum atomic E-state index is 11.9. The topological polar surface area (TPSA) is 191 Å². The first kappa shape index (κ1) is 22.3. The number of nitrogens with one attached hydrogen (secondary N) is 1. The Kier molecular flexibility index (Phi) is 5.34. The summed E-state index contributed by atoms with van der Waals surface area (Å²) in [5, 5.41) is 22.4. The highest BCUT2D eigenvalue weighted by Crippen LogP contribution is 2.34. The predicted molar refractivity (Wildman–Crippen MR) is 115 cm³/mol. The van der Waals surface area contributed by atoms with Gasteiger partial charge in [-0.15, -0.1) is 10.2 Å². The Labute approximate surface area is 187 Å². The van der Waals surface area contributed by atoms with Crippen molar-refractivity contribution in [1.29, 1.82) is 5.26 Å². The summed E-state index contributed by atoms with van der Waals surface area (Å²) in [6.45, 7) is 1.77. The van der Waals surface area contributed by atoms with Gasteiger partial charge in [-0.3, -0.25) is 9.11 Å². The molecule has 0 aliphatic rings. The van der Waals surface area contributed by atoms with Gasteiger partial charge >= 0.3 is 0 Å². The third kappa shape index (κ3) is 4.13. The molecule has 0 unspecified atom stereocenters. The van der Waals surface area contributed by atoms with E-state index in [1.54, 1.807) is 13.0 Å². The molecule has 12 nitrogen and oxygen atoms in total. The maximum Gasteiger partial charge on any atom is 0.296 e. The van der Waals surface area contributed by atoms with Crippen molar-refractivity contribution in [2.24, 2.45) is 10.2 Å². The zero-order valence-electron chi connectivity index (χ0n) is 16.7. The van der Waals surface area contributed by atoms with E-state index < -0.39 is 35.7 Å². The zero-order valence-corrected chi connectivity index (χ0v) is 18.3. The van der Waals surface area contributed by atoms with Gasteiger partial charge in [0.25, 0.3) is 20.2 Å². The largest absolute Gasteiger partial charge is 0.357 e. The molecule has 0 bridgehead atoms. The number of nitriles is 1. The monoisotopic (exact) mass is 486 g/mol. The van der Waals surface area contributed by atoms with E-state index in [0.717, 1.165) is 40.0 Å². The molecule has 2 aromatic heterocycles. The van der Waals surface area contributed by atoms with Crippen molar-refractivity contribution in [2.75, 3.05) is 0 Å². The number of aromatic nitrogens is 3. The van der Waals surface area contributed by atoms with Crippen molar-refractivity contribution < 1.29 is 25.9 Å². The highest BCUT2D eigenvalue weighted by atomic mass is 32.2. The van der Waals surface area contributed by atoms with Crippen LogP contribution in [-0.2, 0) is 20.2 Å². The number of benzene rings is 2. The Hall–Kier alpha value is -3.90. The lowest BCUT2D eigenvalue weighted by molar-refractivity contribution is 0.477. The molecule has 168 valence electrons. The van der Waals surface area contributed by atoms with Gasteiger partial charge in [0.05, 0.1) is 16.8 Å². The molecule has 3 N–H and O–H groups in total. The van der Waals surface area contributed by atoms with Crippen LogP contribution in [0, 0.1) is 18.3 Å². The molecular formula is C19H14N6O6S2. The molecule has 2 heterocycles. The number of aromatic amines is 1. The minimum Gasteiger partial charge on any atom is -0.357 e. The van der Waals surface area contributed by atoms with E-state index in [1.807, 2.05) is 24.3 Å². The molecule has 4 aromatic rings. The molecule has 4 rings (SSSR count). The molecule has 0 amide bonds. The average molecular weight is 486 g/mol. The number of nitrogens with zero attached hydrogens (tertiary/aromatic N) is 5. The van der Waals surface area contributed by atoms with Gasteiger partial charge < -0.3 is 4.98 Å². The molecule has 0 saturated heterocycles. The summed E-state index contributed by atoms with van der Waals surface area (Å²) < 4.78 is 66.8. The Balaban J connectivity index is 1.96. The highest BCUT2D eigenvalue weighted by molar-refractivity contribution is 7.86. The van der Waals surface area contributed by atoms with Crippen molar-refractivity contribution in [1.82, 2.24) is 14.8 Å². The summed E-state index contributed by atoms with van der Waals surface area (Å²) in [4.78, 5) is 1.76. The van der Waals surface area contributed by atoms with Crippen LogP contribution in [0.5, 0.6) is 0 Å². The Morgan fingerprint density at radius 2 is 1.79 bits per heavy atom. The van der Waals surface area contributed by atoms with Gasteiger partial charge in [0, 0.05) is 16.6 Å². The number of para-hydroxylation sites is 1. The van der Waals surface area contributed by atoms with E-state index in [0.29, 0.717) is 11.4 Å². The number of aryl methyl sites for hydroxylation is 1. The SMILES string of the molecule is Cc1[nH]c2ccccc2c1/N=N/c1c(C#N)cnn1-c1cc(S(=O)(=O)O)ccc1S(=O)(=O)O. The summed E-state index contributed by atoms with van der Waals surface area (Å²) in [6, 6.07) is 11.5. The van der Waals surface area contributed by atoms with E-state index >= 15 is 0 Å². The first-order valence-electron chi connectivity index (χ1n) is 9.07. The van der Waals surface area contributed by atoms with E-state index in [1.165, 1.54) is 0 Å². The smallest absolute Gasteiger partial charge is 0.296 e. The van der Waals surface area contributed by atoms with Gasteiger partial charge in [-0.25, -0.2) is 4.68 Å². The Morgan fingerprint density at radius 3 is 2.45 bits per heavy atom. The van der Waals surface area contributed by atoms with Gasteiger partial charge in [-0.1, -0.05) is 18.2 Å². The molecule has 33 heavy (non-hydrogen) atoms. The molecule has 2 aromatic carbocycles. The summed E-state index contributed by atoms with van der Waals surface area (Å²) in [5.74, 6) is -0.223. The normalized spacial score (nSPS) is 12.4. The third-order valence-electron chi connectivity index (χ3n) is 4.70. The van der Waals surface area contributed by atoms with E-state index in [-0.39, 0.29) is 11.4 Å². The van der Waals surface area contributed by atoms with Crippen molar-refractivity contribution in [3.63, 3.8) is 0 Å². The number of azo groups is 1. The van der Waals surface area contributed by atoms with Crippen LogP contribution in [0.2, 0.25) is 0 Å². The lowest BCUT2D eigenvalue weighted by Gasteiger charge is -2.10. The third-order valence-corrected chi connectivity index (χ3v) is 6.45. The van der Waals surface area contributed by atoms with Gasteiger partial charge in [0.15, 0.2) is 5.82 Å². The number of hydrogen-bond acceptors (Lipinski definition) is 8. The molecule has 14 heteroatoms. The molecule has 0 saturated carbocycles. The van der Waals surface area contributed by atoms with Crippen LogP contribution in [0.25, 0.3) is 16.6 Å². The number of rotatable bonds is 5. The van der Waals surface area contributed by atoms with Gasteiger partial charge in [-0.05, 0) is 31.2 Å². The summed E-state index contributed by atoms with van der Waals surface area (Å²) in [6.07, 6.45) is 1.07. The quantitative estimate of drug-likeness (QED) is 0.282. The minimum atomic E-state index is -4.85. The predicted octanol–water partition coefficient (Wildman–Crippen LogP) is 3.44. The Morgan fingerprint density at radius 1 is 1.06 bits per heavy atom. The Bertz CT molecular complexity index is 1690. The number of hydrogen-bond donors (Lipinski definition) is 3. The van der Waals surface area contributed by atoms with Crippen molar-refractivity contribution in [2.45, 2.75) is 16.7 Å². The molecule has 0 aliphatic heterocycles. The fourth-order valence-corrected chi connectivity index (χ4v) is 4.37. The first-order chi connectivity index (χ1) is 15.5. The second-order valence-electron chi connectivity index (χ2n) is 6.83. The molecule has 0 atom stereocenters. The van der Waals surface area contributed by atoms with Crippen LogP contribution in [-0.4, -0.2) is 40.7 Å². The van der Waals surface area contributed by atoms with Crippen LogP contribution in [0.1, 0.15) is 11.3 Å². The van der Waals surface area contributed by atoms with Crippen molar-refractivity contribution >= 4 is 42.6 Å². The number of H-pyrrole nitrogens is 1. The summed E-state index contributed by atoms with van der Waals surface area (Å²) in [5.41, 5.74) is 1.38. The zero-order chi connectivity index (χ0) is 24.0. The van der Waals surface area contributed by atoms with Gasteiger partial charge in [-0.2, -0.15) is 27.2 Å². The molecule has 0 radical (unpaired) electrons. The standard InChI is InChI=1S/C19H14N6O6S2/c1-11-18(14-4-2-3-5-15(14)22-11)23-24-19-12(9-20)10-21-25(19)16-8-13(32(26,27)28)6-7-17(16)33(29,30)31/h2-8,10,22H,1H3,(H,26,27,28)(H,29,30,31)/b24-23+. The fraction of sp³-hybridized carbons (Fsp3) is 0.0526. The van der Waals surface area contributed by atoms with Crippen LogP contribution in [0.15, 0.2) is 68.7 Å².